The molecule has 0 amide bonds. The highest BCUT2D eigenvalue weighted by atomic mass is 15.1. The number of nitrogens with zero attached hydrogens (tertiary/aromatic N) is 3. The minimum absolute atomic E-state index is 0.848. The van der Waals surface area contributed by atoms with Gasteiger partial charge in [-0.15, -0.1) is 0 Å². The number of likely N-dealkylation sites (tertiary alicyclic amines) is 1. The van der Waals surface area contributed by atoms with Crippen LogP contribution in [0.15, 0.2) is 30.7 Å². The van der Waals surface area contributed by atoms with Crippen molar-refractivity contribution in [2.24, 2.45) is 0 Å². The van der Waals surface area contributed by atoms with E-state index in [1.54, 1.807) is 6.20 Å². The molecule has 1 saturated heterocycles. The summed E-state index contributed by atoms with van der Waals surface area (Å²) in [6, 6.07) is 4.00. The standard InChI is InChI=1S/C16H23N5/c1-2-9-21(8-1)10-4-7-18-12-15-13-19-20-16(15)14-5-3-6-17-11-14/h3,5-6,11,13,18H,1-2,4,7-10,12H2,(H,19,20). The highest BCUT2D eigenvalue weighted by Gasteiger charge is 2.10. The molecule has 2 aromatic heterocycles. The highest BCUT2D eigenvalue weighted by Crippen LogP contribution is 2.19. The van der Waals surface area contributed by atoms with E-state index < -0.39 is 0 Å². The first-order valence-corrected chi connectivity index (χ1v) is 7.79. The fourth-order valence-corrected chi connectivity index (χ4v) is 2.86. The molecule has 3 rings (SSSR count). The lowest BCUT2D eigenvalue weighted by molar-refractivity contribution is 0.331. The summed E-state index contributed by atoms with van der Waals surface area (Å²) in [6.45, 7) is 5.68. The monoisotopic (exact) mass is 285 g/mol. The molecule has 21 heavy (non-hydrogen) atoms. The molecule has 1 aliphatic heterocycles. The maximum absolute atomic E-state index is 4.16. The van der Waals surface area contributed by atoms with E-state index in [4.69, 9.17) is 0 Å². The first-order valence-electron chi connectivity index (χ1n) is 7.79. The van der Waals surface area contributed by atoms with Gasteiger partial charge in [-0.2, -0.15) is 5.10 Å². The van der Waals surface area contributed by atoms with Gasteiger partial charge in [0.25, 0.3) is 0 Å². The van der Waals surface area contributed by atoms with Gasteiger partial charge in [0, 0.05) is 30.1 Å². The lowest BCUT2D eigenvalue weighted by Gasteiger charge is -2.14. The van der Waals surface area contributed by atoms with Gasteiger partial charge in [0.15, 0.2) is 0 Å². The topological polar surface area (TPSA) is 56.8 Å². The second-order valence-electron chi connectivity index (χ2n) is 5.59. The van der Waals surface area contributed by atoms with Crippen LogP contribution >= 0.6 is 0 Å². The third-order valence-electron chi connectivity index (χ3n) is 4.01. The first-order chi connectivity index (χ1) is 10.4. The summed E-state index contributed by atoms with van der Waals surface area (Å²) in [6.07, 6.45) is 9.50. The molecule has 1 aliphatic rings. The van der Waals surface area contributed by atoms with Crippen molar-refractivity contribution in [2.45, 2.75) is 25.8 Å². The molecule has 112 valence electrons. The minimum atomic E-state index is 0.848. The van der Waals surface area contributed by atoms with Gasteiger partial charge in [-0.3, -0.25) is 10.1 Å². The van der Waals surface area contributed by atoms with Crippen LogP contribution < -0.4 is 5.32 Å². The van der Waals surface area contributed by atoms with Crippen LogP contribution in [0.5, 0.6) is 0 Å². The molecule has 0 aliphatic carbocycles. The zero-order valence-corrected chi connectivity index (χ0v) is 12.4. The van der Waals surface area contributed by atoms with Crippen molar-refractivity contribution < 1.29 is 0 Å². The molecule has 0 aromatic carbocycles. The Kier molecular flexibility index (Phi) is 4.97. The Hall–Kier alpha value is -1.72. The van der Waals surface area contributed by atoms with Gasteiger partial charge >= 0.3 is 0 Å². The maximum Gasteiger partial charge on any atom is 0.0710 e. The molecule has 0 saturated carbocycles. The number of aromatic nitrogens is 3. The molecular formula is C16H23N5. The molecule has 0 atom stereocenters. The Bertz CT molecular complexity index is 531. The molecule has 0 bridgehead atoms. The Morgan fingerprint density at radius 2 is 2.14 bits per heavy atom. The molecule has 5 heteroatoms. The van der Waals surface area contributed by atoms with Crippen molar-refractivity contribution in [3.63, 3.8) is 0 Å². The molecule has 0 radical (unpaired) electrons. The zero-order valence-electron chi connectivity index (χ0n) is 12.4. The minimum Gasteiger partial charge on any atom is -0.312 e. The van der Waals surface area contributed by atoms with Gasteiger partial charge in [-0.05, 0) is 57.6 Å². The van der Waals surface area contributed by atoms with Crippen LogP contribution in [-0.4, -0.2) is 46.3 Å². The predicted molar refractivity (Wildman–Crippen MR) is 83.8 cm³/mol. The van der Waals surface area contributed by atoms with Crippen molar-refractivity contribution in [3.8, 4) is 11.3 Å². The van der Waals surface area contributed by atoms with E-state index in [9.17, 15) is 0 Å². The lowest BCUT2D eigenvalue weighted by Crippen LogP contribution is -2.24. The summed E-state index contributed by atoms with van der Waals surface area (Å²) in [4.78, 5) is 6.72. The largest absolute Gasteiger partial charge is 0.312 e. The Morgan fingerprint density at radius 1 is 1.24 bits per heavy atom. The van der Waals surface area contributed by atoms with E-state index in [1.807, 2.05) is 18.5 Å². The summed E-state index contributed by atoms with van der Waals surface area (Å²) in [5, 5.41) is 10.7. The van der Waals surface area contributed by atoms with Gasteiger partial charge in [-0.25, -0.2) is 0 Å². The van der Waals surface area contributed by atoms with Crippen molar-refractivity contribution >= 4 is 0 Å². The highest BCUT2D eigenvalue weighted by molar-refractivity contribution is 5.61. The van der Waals surface area contributed by atoms with Crippen LogP contribution in [0.2, 0.25) is 0 Å². The fourth-order valence-electron chi connectivity index (χ4n) is 2.86. The van der Waals surface area contributed by atoms with Gasteiger partial charge in [0.1, 0.15) is 0 Å². The van der Waals surface area contributed by atoms with Gasteiger partial charge < -0.3 is 10.2 Å². The summed E-state index contributed by atoms with van der Waals surface area (Å²) in [5.41, 5.74) is 3.35. The number of nitrogens with one attached hydrogen (secondary N) is 2. The van der Waals surface area contributed by atoms with Gasteiger partial charge in [-0.1, -0.05) is 0 Å². The number of H-pyrrole nitrogens is 1. The Morgan fingerprint density at radius 3 is 2.95 bits per heavy atom. The molecule has 3 heterocycles. The van der Waals surface area contributed by atoms with Crippen molar-refractivity contribution in [1.29, 1.82) is 0 Å². The fraction of sp³-hybridized carbons (Fsp3) is 0.500. The first kappa shape index (κ1) is 14.2. The lowest BCUT2D eigenvalue weighted by atomic mass is 10.1. The van der Waals surface area contributed by atoms with Crippen LogP contribution in [0.1, 0.15) is 24.8 Å². The third-order valence-corrected chi connectivity index (χ3v) is 4.01. The van der Waals surface area contributed by atoms with Gasteiger partial charge in [0.05, 0.1) is 11.9 Å². The number of rotatable bonds is 7. The van der Waals surface area contributed by atoms with Crippen LogP contribution in [0.4, 0.5) is 0 Å². The quantitative estimate of drug-likeness (QED) is 0.765. The van der Waals surface area contributed by atoms with E-state index in [0.717, 1.165) is 24.3 Å². The summed E-state index contributed by atoms with van der Waals surface area (Å²) < 4.78 is 0. The van der Waals surface area contributed by atoms with E-state index in [-0.39, 0.29) is 0 Å². The number of pyridine rings is 1. The van der Waals surface area contributed by atoms with Gasteiger partial charge in [0.2, 0.25) is 0 Å². The Balaban J connectivity index is 1.44. The van der Waals surface area contributed by atoms with Crippen LogP contribution in [-0.2, 0) is 6.54 Å². The predicted octanol–water partition coefficient (Wildman–Crippen LogP) is 2.05. The van der Waals surface area contributed by atoms with E-state index >= 15 is 0 Å². The van der Waals surface area contributed by atoms with E-state index in [0.29, 0.717) is 0 Å². The van der Waals surface area contributed by atoms with Crippen LogP contribution in [0.3, 0.4) is 0 Å². The summed E-state index contributed by atoms with van der Waals surface area (Å²) >= 11 is 0. The number of aromatic amines is 1. The maximum atomic E-state index is 4.16. The molecule has 5 nitrogen and oxygen atoms in total. The summed E-state index contributed by atoms with van der Waals surface area (Å²) in [7, 11) is 0. The van der Waals surface area contributed by atoms with E-state index in [1.165, 1.54) is 44.5 Å². The molecule has 2 N–H and O–H groups in total. The zero-order chi connectivity index (χ0) is 14.3. The van der Waals surface area contributed by atoms with Crippen LogP contribution in [0.25, 0.3) is 11.3 Å². The van der Waals surface area contributed by atoms with Crippen molar-refractivity contribution in [1.82, 2.24) is 25.4 Å². The smallest absolute Gasteiger partial charge is 0.0710 e. The molecule has 2 aromatic rings. The number of hydrogen-bond acceptors (Lipinski definition) is 4. The average Bonchev–Trinajstić information content (AvgIpc) is 3.19. The van der Waals surface area contributed by atoms with Crippen molar-refractivity contribution in [2.75, 3.05) is 26.2 Å². The summed E-state index contributed by atoms with van der Waals surface area (Å²) in [5.74, 6) is 0. The normalized spacial score (nSPS) is 15.6. The molecule has 0 unspecified atom stereocenters. The number of hydrogen-bond donors (Lipinski definition) is 2. The average molecular weight is 285 g/mol. The molecule has 0 spiro atoms. The third kappa shape index (κ3) is 3.89. The molecule has 1 fully saturated rings. The Labute approximate surface area is 125 Å². The van der Waals surface area contributed by atoms with Crippen LogP contribution in [0, 0.1) is 0 Å². The van der Waals surface area contributed by atoms with E-state index in [2.05, 4.69) is 31.5 Å². The second-order valence-corrected chi connectivity index (χ2v) is 5.59. The SMILES string of the molecule is c1cncc(-c2[nH]ncc2CNCCCN2CCCC2)c1. The second kappa shape index (κ2) is 7.33. The van der Waals surface area contributed by atoms with Crippen molar-refractivity contribution in [3.05, 3.63) is 36.3 Å². The molecular weight excluding hydrogens is 262 g/mol.